The first kappa shape index (κ1) is 14.6. The van der Waals surface area contributed by atoms with Crippen molar-refractivity contribution in [2.45, 2.75) is 37.8 Å². The monoisotopic (exact) mass is 304 g/mol. The molecule has 2 heterocycles. The molecule has 0 aliphatic carbocycles. The maximum absolute atomic E-state index is 4.69. The van der Waals surface area contributed by atoms with E-state index in [1.165, 1.54) is 11.1 Å². The number of rotatable bonds is 2. The van der Waals surface area contributed by atoms with Crippen molar-refractivity contribution in [3.8, 4) is 0 Å². The molecule has 5 unspecified atom stereocenters. The average Bonchev–Trinajstić information content (AvgIpc) is 2.88. The van der Waals surface area contributed by atoms with Crippen molar-refractivity contribution in [2.75, 3.05) is 6.67 Å². The normalized spacial score (nSPS) is 33.6. The van der Waals surface area contributed by atoms with Crippen LogP contribution in [0.15, 0.2) is 65.7 Å². The molecule has 23 heavy (non-hydrogen) atoms. The smallest absolute Gasteiger partial charge is 0.0911 e. The Kier molecular flexibility index (Phi) is 3.78. The summed E-state index contributed by atoms with van der Waals surface area (Å²) in [5.41, 5.74) is 2.85. The molecule has 118 valence electrons. The van der Waals surface area contributed by atoms with Crippen LogP contribution in [0.4, 0.5) is 0 Å². The Bertz CT molecular complexity index is 680. The van der Waals surface area contributed by atoms with E-state index in [0.717, 1.165) is 6.67 Å². The van der Waals surface area contributed by atoms with Gasteiger partial charge in [-0.15, -0.1) is 0 Å². The summed E-state index contributed by atoms with van der Waals surface area (Å²) in [5, 5.41) is 0. The zero-order valence-corrected chi connectivity index (χ0v) is 13.8. The van der Waals surface area contributed by atoms with Crippen LogP contribution in [0.3, 0.4) is 0 Å². The lowest BCUT2D eigenvalue weighted by molar-refractivity contribution is 0.178. The van der Waals surface area contributed by atoms with E-state index >= 15 is 0 Å². The van der Waals surface area contributed by atoms with Crippen LogP contribution in [0, 0.1) is 5.92 Å². The minimum Gasteiger partial charge on any atom is -0.281 e. The van der Waals surface area contributed by atoms with E-state index in [9.17, 15) is 0 Å². The third-order valence-electron chi connectivity index (χ3n) is 5.78. The van der Waals surface area contributed by atoms with Gasteiger partial charge in [0.25, 0.3) is 0 Å². The summed E-state index contributed by atoms with van der Waals surface area (Å²) in [4.78, 5) is 7.30. The number of fused-ring (bicyclic) bond motifs is 1. The number of hydrogen-bond donors (Lipinski definition) is 0. The zero-order valence-electron chi connectivity index (χ0n) is 13.8. The SMILES string of the molecule is CC1C(c2ccccc2)C(C)N2CN=CC(c3ccccc3)C12. The minimum atomic E-state index is 0.399. The molecule has 1 saturated heterocycles. The summed E-state index contributed by atoms with van der Waals surface area (Å²) >= 11 is 0. The summed E-state index contributed by atoms with van der Waals surface area (Å²) in [5.74, 6) is 1.59. The van der Waals surface area contributed by atoms with Crippen molar-refractivity contribution in [1.29, 1.82) is 0 Å². The van der Waals surface area contributed by atoms with Gasteiger partial charge in [0.05, 0.1) is 6.67 Å². The van der Waals surface area contributed by atoms with E-state index in [2.05, 4.69) is 85.6 Å². The quantitative estimate of drug-likeness (QED) is 0.807. The number of nitrogens with zero attached hydrogens (tertiary/aromatic N) is 2. The molecule has 2 aliphatic heterocycles. The van der Waals surface area contributed by atoms with Gasteiger partial charge in [0.2, 0.25) is 0 Å². The van der Waals surface area contributed by atoms with E-state index < -0.39 is 0 Å². The van der Waals surface area contributed by atoms with E-state index in [1.807, 2.05) is 0 Å². The molecule has 4 rings (SSSR count). The molecule has 2 aliphatic rings. The molecule has 1 fully saturated rings. The maximum atomic E-state index is 4.69. The van der Waals surface area contributed by atoms with Crippen molar-refractivity contribution in [1.82, 2.24) is 4.90 Å². The fraction of sp³-hybridized carbons (Fsp3) is 0.381. The number of hydrogen-bond acceptors (Lipinski definition) is 2. The van der Waals surface area contributed by atoms with Gasteiger partial charge in [-0.1, -0.05) is 67.6 Å². The second-order valence-corrected chi connectivity index (χ2v) is 6.95. The summed E-state index contributed by atoms with van der Waals surface area (Å²) in [6, 6.07) is 22.9. The van der Waals surface area contributed by atoms with E-state index in [4.69, 9.17) is 4.99 Å². The molecule has 0 bridgehead atoms. The van der Waals surface area contributed by atoms with Crippen molar-refractivity contribution < 1.29 is 0 Å². The molecular formula is C21H24N2. The highest BCUT2D eigenvalue weighted by molar-refractivity contribution is 5.70. The van der Waals surface area contributed by atoms with Gasteiger partial charge < -0.3 is 0 Å². The third kappa shape index (κ3) is 2.42. The van der Waals surface area contributed by atoms with Crippen LogP contribution in [0.1, 0.15) is 36.8 Å². The van der Waals surface area contributed by atoms with Gasteiger partial charge in [-0.25, -0.2) is 0 Å². The Morgan fingerprint density at radius 3 is 2.13 bits per heavy atom. The Labute approximate surface area is 138 Å². The van der Waals surface area contributed by atoms with E-state index in [-0.39, 0.29) is 0 Å². The van der Waals surface area contributed by atoms with Gasteiger partial charge in [0.1, 0.15) is 0 Å². The van der Waals surface area contributed by atoms with E-state index in [1.54, 1.807) is 0 Å². The lowest BCUT2D eigenvalue weighted by Crippen LogP contribution is -2.43. The predicted octanol–water partition coefficient (Wildman–Crippen LogP) is 4.30. The van der Waals surface area contributed by atoms with Crippen LogP contribution < -0.4 is 0 Å². The summed E-state index contributed by atoms with van der Waals surface area (Å²) < 4.78 is 0. The van der Waals surface area contributed by atoms with Crippen molar-refractivity contribution in [2.24, 2.45) is 10.9 Å². The Balaban J connectivity index is 1.71. The molecule has 0 amide bonds. The molecule has 2 heteroatoms. The first-order valence-corrected chi connectivity index (χ1v) is 8.63. The van der Waals surface area contributed by atoms with Crippen LogP contribution in [0.25, 0.3) is 0 Å². The fourth-order valence-corrected chi connectivity index (χ4v) is 4.75. The number of aliphatic imine (C=N–C) groups is 1. The summed E-state index contributed by atoms with van der Waals surface area (Å²) in [6.07, 6.45) is 2.19. The lowest BCUT2D eigenvalue weighted by Gasteiger charge is -2.36. The van der Waals surface area contributed by atoms with Gasteiger partial charge in [-0.05, 0) is 24.0 Å². The highest BCUT2D eigenvalue weighted by Gasteiger charge is 2.48. The van der Waals surface area contributed by atoms with Crippen LogP contribution in [0.2, 0.25) is 0 Å². The minimum absolute atomic E-state index is 0.399. The molecule has 0 radical (unpaired) electrons. The van der Waals surface area contributed by atoms with Crippen LogP contribution in [0.5, 0.6) is 0 Å². The van der Waals surface area contributed by atoms with Crippen LogP contribution in [-0.4, -0.2) is 29.9 Å². The molecule has 2 nitrogen and oxygen atoms in total. The Morgan fingerprint density at radius 1 is 0.870 bits per heavy atom. The Hall–Kier alpha value is -1.93. The molecule has 0 aromatic heterocycles. The predicted molar refractivity (Wildman–Crippen MR) is 96.0 cm³/mol. The molecule has 5 atom stereocenters. The first-order chi connectivity index (χ1) is 11.3. The van der Waals surface area contributed by atoms with Crippen LogP contribution in [-0.2, 0) is 0 Å². The molecular weight excluding hydrogens is 280 g/mol. The van der Waals surface area contributed by atoms with E-state index in [0.29, 0.717) is 29.8 Å². The second kappa shape index (κ2) is 5.93. The highest BCUT2D eigenvalue weighted by Crippen LogP contribution is 2.47. The molecule has 0 spiro atoms. The van der Waals surface area contributed by atoms with Gasteiger partial charge in [0, 0.05) is 30.1 Å². The van der Waals surface area contributed by atoms with Crippen LogP contribution >= 0.6 is 0 Å². The topological polar surface area (TPSA) is 15.6 Å². The number of benzene rings is 2. The van der Waals surface area contributed by atoms with Gasteiger partial charge in [-0.3, -0.25) is 9.89 Å². The fourth-order valence-electron chi connectivity index (χ4n) is 4.75. The van der Waals surface area contributed by atoms with Gasteiger partial charge in [0.15, 0.2) is 0 Å². The summed E-state index contributed by atoms with van der Waals surface area (Å²) in [7, 11) is 0. The molecule has 2 aromatic carbocycles. The molecule has 2 aromatic rings. The lowest BCUT2D eigenvalue weighted by atomic mass is 9.78. The second-order valence-electron chi connectivity index (χ2n) is 6.95. The largest absolute Gasteiger partial charge is 0.281 e. The van der Waals surface area contributed by atoms with Gasteiger partial charge in [-0.2, -0.15) is 0 Å². The molecule has 0 saturated carbocycles. The van der Waals surface area contributed by atoms with Gasteiger partial charge >= 0.3 is 0 Å². The first-order valence-electron chi connectivity index (χ1n) is 8.63. The summed E-state index contributed by atoms with van der Waals surface area (Å²) in [6.45, 7) is 5.63. The average molecular weight is 304 g/mol. The third-order valence-corrected chi connectivity index (χ3v) is 5.78. The molecule has 0 N–H and O–H groups in total. The zero-order chi connectivity index (χ0) is 15.8. The standard InChI is InChI=1S/C21H24N2/c1-15-20(18-11-7-4-8-12-18)16(2)23-14-22-13-19(21(15)23)17-9-5-3-6-10-17/h3-13,15-16,19-21H,14H2,1-2H3. The van der Waals surface area contributed by atoms with Crippen molar-refractivity contribution in [3.63, 3.8) is 0 Å². The van der Waals surface area contributed by atoms with Crippen molar-refractivity contribution in [3.05, 3.63) is 71.8 Å². The Morgan fingerprint density at radius 2 is 1.48 bits per heavy atom. The highest BCUT2D eigenvalue weighted by atomic mass is 15.3. The maximum Gasteiger partial charge on any atom is 0.0911 e. The van der Waals surface area contributed by atoms with Crippen molar-refractivity contribution >= 4 is 6.21 Å².